The van der Waals surface area contributed by atoms with Crippen molar-refractivity contribution in [2.24, 2.45) is 0 Å². The molecule has 0 saturated carbocycles. The number of carbonyl (C=O) groups is 2. The number of esters is 1. The summed E-state index contributed by atoms with van der Waals surface area (Å²) in [6.45, 7) is 0.433. The van der Waals surface area contributed by atoms with Gasteiger partial charge >= 0.3 is 11.9 Å². The number of rotatable bonds is 7. The summed E-state index contributed by atoms with van der Waals surface area (Å²) < 4.78 is 4.92. The summed E-state index contributed by atoms with van der Waals surface area (Å²) in [5, 5.41) is 13.2. The number of aromatic carboxylic acids is 1. The number of carbonyl (C=O) groups excluding carboxylic acids is 1. The number of aromatic nitrogens is 1. The minimum atomic E-state index is -0.962. The molecule has 6 heteroatoms. The van der Waals surface area contributed by atoms with Crippen molar-refractivity contribution < 1.29 is 19.4 Å². The first-order valence-electron chi connectivity index (χ1n) is 8.27. The molecule has 0 aliphatic rings. The number of carboxylic acid groups (broad SMARTS) is 1. The lowest BCUT2D eigenvalue weighted by atomic mass is 10.0. The fraction of sp³-hybridized carbons (Fsp3) is 0.200. The first kappa shape index (κ1) is 17.7. The molecule has 1 unspecified atom stereocenters. The van der Waals surface area contributed by atoms with E-state index in [2.05, 4.69) is 10.3 Å². The van der Waals surface area contributed by atoms with Crippen molar-refractivity contribution in [3.8, 4) is 0 Å². The first-order valence-corrected chi connectivity index (χ1v) is 8.27. The van der Waals surface area contributed by atoms with Crippen LogP contribution in [0.2, 0.25) is 0 Å². The van der Waals surface area contributed by atoms with Crippen LogP contribution in [-0.2, 0) is 22.5 Å². The van der Waals surface area contributed by atoms with Crippen molar-refractivity contribution in [1.29, 1.82) is 0 Å². The van der Waals surface area contributed by atoms with Crippen LogP contribution in [0.5, 0.6) is 0 Å². The van der Waals surface area contributed by atoms with Gasteiger partial charge in [0.1, 0.15) is 6.04 Å². The molecular formula is C20H20N2O4. The molecule has 6 nitrogen and oxygen atoms in total. The number of nitrogens with one attached hydrogen (secondary N) is 2. The molecule has 0 spiro atoms. The van der Waals surface area contributed by atoms with Gasteiger partial charge in [-0.3, -0.25) is 4.79 Å². The Labute approximate surface area is 150 Å². The maximum Gasteiger partial charge on any atom is 0.335 e. The Bertz CT molecular complexity index is 915. The molecule has 0 bridgehead atoms. The minimum absolute atomic E-state index is 0.233. The number of ether oxygens (including phenoxy) is 1. The highest BCUT2D eigenvalue weighted by Crippen LogP contribution is 2.19. The molecule has 0 aliphatic heterocycles. The summed E-state index contributed by atoms with van der Waals surface area (Å²) in [5.74, 6) is -1.30. The van der Waals surface area contributed by atoms with E-state index < -0.39 is 12.0 Å². The Morgan fingerprint density at radius 3 is 2.58 bits per heavy atom. The van der Waals surface area contributed by atoms with Gasteiger partial charge in [-0.25, -0.2) is 4.79 Å². The van der Waals surface area contributed by atoms with Crippen molar-refractivity contribution >= 4 is 22.8 Å². The summed E-state index contributed by atoms with van der Waals surface area (Å²) in [7, 11) is 1.37. The average Bonchev–Trinajstić information content (AvgIpc) is 3.07. The van der Waals surface area contributed by atoms with Gasteiger partial charge < -0.3 is 20.1 Å². The molecule has 3 aromatic rings. The van der Waals surface area contributed by atoms with Gasteiger partial charge in [-0.05, 0) is 29.3 Å². The molecule has 3 N–H and O–H groups in total. The number of fused-ring (bicyclic) bond motifs is 1. The standard InChI is InChI=1S/C20H20N2O4/c1-26-20(25)18(10-15-12-22-17-5-3-2-4-16(15)17)21-11-13-6-8-14(9-7-13)19(23)24/h2-9,12,18,21-22H,10-11H2,1H3,(H,23,24). The lowest BCUT2D eigenvalue weighted by Crippen LogP contribution is -2.39. The van der Waals surface area contributed by atoms with Crippen molar-refractivity contribution in [1.82, 2.24) is 10.3 Å². The maximum absolute atomic E-state index is 12.2. The van der Waals surface area contributed by atoms with Crippen LogP contribution < -0.4 is 5.32 Å². The molecule has 3 rings (SSSR count). The number of aromatic amines is 1. The summed E-state index contributed by atoms with van der Waals surface area (Å²) in [4.78, 5) is 26.3. The highest BCUT2D eigenvalue weighted by molar-refractivity contribution is 5.87. The van der Waals surface area contributed by atoms with Crippen LogP contribution in [0, 0.1) is 0 Å². The predicted molar refractivity (Wildman–Crippen MR) is 98.0 cm³/mol. The monoisotopic (exact) mass is 352 g/mol. The average molecular weight is 352 g/mol. The summed E-state index contributed by atoms with van der Waals surface area (Å²) in [6, 6.07) is 14.0. The van der Waals surface area contributed by atoms with Gasteiger partial charge in [0, 0.05) is 30.1 Å². The van der Waals surface area contributed by atoms with Crippen LogP contribution in [0.3, 0.4) is 0 Å². The Balaban J connectivity index is 1.72. The summed E-state index contributed by atoms with van der Waals surface area (Å²) >= 11 is 0. The molecule has 26 heavy (non-hydrogen) atoms. The zero-order chi connectivity index (χ0) is 18.5. The van der Waals surface area contributed by atoms with E-state index in [0.717, 1.165) is 22.0 Å². The fourth-order valence-corrected chi connectivity index (χ4v) is 2.91. The molecule has 1 atom stereocenters. The Morgan fingerprint density at radius 2 is 1.88 bits per heavy atom. The zero-order valence-corrected chi connectivity index (χ0v) is 14.4. The number of H-pyrrole nitrogens is 1. The van der Waals surface area contributed by atoms with Crippen LogP contribution in [0.4, 0.5) is 0 Å². The van der Waals surface area contributed by atoms with E-state index in [9.17, 15) is 9.59 Å². The van der Waals surface area contributed by atoms with Crippen LogP contribution in [0.25, 0.3) is 10.9 Å². The highest BCUT2D eigenvalue weighted by atomic mass is 16.5. The third-order valence-electron chi connectivity index (χ3n) is 4.34. The zero-order valence-electron chi connectivity index (χ0n) is 14.4. The van der Waals surface area contributed by atoms with Crippen LogP contribution >= 0.6 is 0 Å². The van der Waals surface area contributed by atoms with E-state index in [1.807, 2.05) is 30.5 Å². The number of carboxylic acids is 1. The third kappa shape index (κ3) is 3.92. The number of benzene rings is 2. The van der Waals surface area contributed by atoms with Gasteiger partial charge in [0.2, 0.25) is 0 Å². The van der Waals surface area contributed by atoms with E-state index in [1.54, 1.807) is 24.3 Å². The minimum Gasteiger partial charge on any atom is -0.478 e. The van der Waals surface area contributed by atoms with Gasteiger partial charge in [-0.15, -0.1) is 0 Å². The SMILES string of the molecule is COC(=O)C(Cc1c[nH]c2ccccc12)NCc1ccc(C(=O)O)cc1. The highest BCUT2D eigenvalue weighted by Gasteiger charge is 2.20. The van der Waals surface area contributed by atoms with Gasteiger partial charge in [0.25, 0.3) is 0 Å². The maximum atomic E-state index is 12.2. The van der Waals surface area contributed by atoms with E-state index in [1.165, 1.54) is 7.11 Å². The van der Waals surface area contributed by atoms with Crippen LogP contribution in [0.1, 0.15) is 21.5 Å². The topological polar surface area (TPSA) is 91.4 Å². The molecule has 0 amide bonds. The molecule has 0 saturated heterocycles. The van der Waals surface area contributed by atoms with E-state index in [-0.39, 0.29) is 11.5 Å². The normalized spacial score (nSPS) is 12.0. The molecule has 1 aromatic heterocycles. The van der Waals surface area contributed by atoms with Gasteiger partial charge in [-0.2, -0.15) is 0 Å². The number of para-hydroxylation sites is 1. The molecule has 134 valence electrons. The Morgan fingerprint density at radius 1 is 1.15 bits per heavy atom. The molecular weight excluding hydrogens is 332 g/mol. The lowest BCUT2D eigenvalue weighted by Gasteiger charge is -2.16. The van der Waals surface area contributed by atoms with Crippen molar-refractivity contribution in [2.45, 2.75) is 19.0 Å². The second-order valence-electron chi connectivity index (χ2n) is 6.02. The van der Waals surface area contributed by atoms with Gasteiger partial charge in [0.15, 0.2) is 0 Å². The largest absolute Gasteiger partial charge is 0.478 e. The van der Waals surface area contributed by atoms with Crippen LogP contribution in [0.15, 0.2) is 54.7 Å². The molecule has 0 aliphatic carbocycles. The number of methoxy groups -OCH3 is 1. The smallest absolute Gasteiger partial charge is 0.335 e. The van der Waals surface area contributed by atoms with Gasteiger partial charge in [-0.1, -0.05) is 30.3 Å². The van der Waals surface area contributed by atoms with Crippen molar-refractivity contribution in [3.63, 3.8) is 0 Å². The van der Waals surface area contributed by atoms with E-state index in [0.29, 0.717) is 13.0 Å². The second-order valence-corrected chi connectivity index (χ2v) is 6.02. The van der Waals surface area contributed by atoms with E-state index in [4.69, 9.17) is 9.84 Å². The third-order valence-corrected chi connectivity index (χ3v) is 4.34. The first-order chi connectivity index (χ1) is 12.6. The van der Waals surface area contributed by atoms with Crippen molar-refractivity contribution in [3.05, 3.63) is 71.4 Å². The fourth-order valence-electron chi connectivity index (χ4n) is 2.91. The number of hydrogen-bond donors (Lipinski definition) is 3. The van der Waals surface area contributed by atoms with Crippen molar-refractivity contribution in [2.75, 3.05) is 7.11 Å². The number of hydrogen-bond acceptors (Lipinski definition) is 4. The predicted octanol–water partition coefficient (Wildman–Crippen LogP) is 2.74. The van der Waals surface area contributed by atoms with Gasteiger partial charge in [0.05, 0.1) is 12.7 Å². The van der Waals surface area contributed by atoms with Crippen LogP contribution in [-0.4, -0.2) is 35.2 Å². The second kappa shape index (κ2) is 7.84. The molecule has 2 aromatic carbocycles. The molecule has 0 fully saturated rings. The Hall–Kier alpha value is -3.12. The molecule has 1 heterocycles. The summed E-state index contributed by atoms with van der Waals surface area (Å²) in [5.41, 5.74) is 3.18. The quantitative estimate of drug-likeness (QED) is 0.569. The lowest BCUT2D eigenvalue weighted by molar-refractivity contribution is -0.143. The Kier molecular flexibility index (Phi) is 5.34. The van der Waals surface area contributed by atoms with E-state index >= 15 is 0 Å². The molecule has 0 radical (unpaired) electrons. The summed E-state index contributed by atoms with van der Waals surface area (Å²) in [6.07, 6.45) is 2.40.